The van der Waals surface area contributed by atoms with Crippen molar-refractivity contribution in [2.24, 2.45) is 17.6 Å². The summed E-state index contributed by atoms with van der Waals surface area (Å²) < 4.78 is 45.6. The van der Waals surface area contributed by atoms with E-state index in [0.29, 0.717) is 36.9 Å². The molecule has 5 unspecified atom stereocenters. The Hall–Kier alpha value is -1.87. The first kappa shape index (κ1) is 20.1. The largest absolute Gasteiger partial charge is 0.329 e. The molecule has 4 aliphatic rings. The van der Waals surface area contributed by atoms with Crippen LogP contribution in [0.2, 0.25) is 0 Å². The number of nitrogens with one attached hydrogen (secondary N) is 1. The Balaban J connectivity index is 1.58. The molecule has 164 valence electrons. The van der Waals surface area contributed by atoms with Crippen LogP contribution in [0.1, 0.15) is 45.1 Å². The number of hydrogen-bond acceptors (Lipinski definition) is 4. The standard InChI is InChI=1S/C21H27F3N4O2/c1-10-16-13(19(29)26-20(30)28(16)12-4-5-12)7-15(22)17(10)27-8-11-3-2-6-21(23,24)18(25)14(11)9-27/h7,11-12,14-15,17-18H,2-6,8-9,25H2,1H3,(H,26,29,30). The van der Waals surface area contributed by atoms with Gasteiger partial charge in [0.1, 0.15) is 6.17 Å². The van der Waals surface area contributed by atoms with Crippen molar-refractivity contribution in [3.05, 3.63) is 31.4 Å². The molecule has 3 N–H and O–H groups in total. The Morgan fingerprint density at radius 2 is 1.93 bits per heavy atom. The lowest BCUT2D eigenvalue weighted by Crippen LogP contribution is -2.60. The van der Waals surface area contributed by atoms with Gasteiger partial charge in [0.2, 0.25) is 0 Å². The quantitative estimate of drug-likeness (QED) is 0.713. The van der Waals surface area contributed by atoms with Crippen LogP contribution in [-0.4, -0.2) is 51.7 Å². The molecule has 3 fully saturated rings. The number of nitrogens with zero attached hydrogens (tertiary/aromatic N) is 2. The SMILES string of the molecule is CC1=c2c(c(=O)[nH]c(=O)n2C2CC2)=CC(F)C1N1CC2CCCC(F)(F)C(N)C2C1. The van der Waals surface area contributed by atoms with Crippen molar-refractivity contribution in [1.82, 2.24) is 14.5 Å². The van der Waals surface area contributed by atoms with Crippen LogP contribution in [0.4, 0.5) is 13.2 Å². The second kappa shape index (κ2) is 6.82. The molecule has 0 aromatic carbocycles. The zero-order valence-electron chi connectivity index (χ0n) is 16.9. The van der Waals surface area contributed by atoms with Crippen LogP contribution in [0.25, 0.3) is 11.6 Å². The van der Waals surface area contributed by atoms with E-state index in [-0.39, 0.29) is 23.6 Å². The van der Waals surface area contributed by atoms with Crippen LogP contribution < -0.4 is 27.6 Å². The molecule has 1 saturated heterocycles. The van der Waals surface area contributed by atoms with E-state index in [1.165, 1.54) is 6.08 Å². The first-order valence-electron chi connectivity index (χ1n) is 10.8. The van der Waals surface area contributed by atoms with E-state index >= 15 is 4.39 Å². The van der Waals surface area contributed by atoms with Crippen LogP contribution in [0.3, 0.4) is 0 Å². The van der Waals surface area contributed by atoms with Crippen LogP contribution >= 0.6 is 0 Å². The lowest BCUT2D eigenvalue weighted by Gasteiger charge is -2.33. The van der Waals surface area contributed by atoms with E-state index in [0.717, 1.165) is 12.8 Å². The molecule has 1 aliphatic heterocycles. The monoisotopic (exact) mass is 424 g/mol. The van der Waals surface area contributed by atoms with Gasteiger partial charge >= 0.3 is 5.69 Å². The maximum Gasteiger partial charge on any atom is 0.329 e. The van der Waals surface area contributed by atoms with Crippen molar-refractivity contribution in [2.75, 3.05) is 13.1 Å². The van der Waals surface area contributed by atoms with Crippen molar-refractivity contribution in [3.63, 3.8) is 0 Å². The highest BCUT2D eigenvalue weighted by Gasteiger charge is 2.51. The average molecular weight is 424 g/mol. The summed E-state index contributed by atoms with van der Waals surface area (Å²) in [7, 11) is 0. The second-order valence-corrected chi connectivity index (χ2v) is 9.42. The second-order valence-electron chi connectivity index (χ2n) is 9.42. The fraction of sp³-hybridized carbons (Fsp3) is 0.714. The topological polar surface area (TPSA) is 84.1 Å². The van der Waals surface area contributed by atoms with Crippen molar-refractivity contribution in [1.29, 1.82) is 0 Å². The molecule has 5 rings (SSSR count). The molecule has 0 bridgehead atoms. The maximum absolute atomic E-state index is 15.3. The summed E-state index contributed by atoms with van der Waals surface area (Å²) in [5.41, 5.74) is 5.53. The van der Waals surface area contributed by atoms with Gasteiger partial charge in [-0.25, -0.2) is 18.0 Å². The Morgan fingerprint density at radius 1 is 1.20 bits per heavy atom. The van der Waals surface area contributed by atoms with Gasteiger partial charge in [0.15, 0.2) is 0 Å². The molecule has 6 nitrogen and oxygen atoms in total. The van der Waals surface area contributed by atoms with Gasteiger partial charge in [0, 0.05) is 25.6 Å². The number of likely N-dealkylation sites (tertiary alicyclic amines) is 1. The molecule has 3 aliphatic carbocycles. The highest BCUT2D eigenvalue weighted by molar-refractivity contribution is 5.56. The summed E-state index contributed by atoms with van der Waals surface area (Å²) in [6.07, 6.45) is 2.38. The zero-order chi connectivity index (χ0) is 21.4. The Labute approximate surface area is 171 Å². The Morgan fingerprint density at radius 3 is 2.63 bits per heavy atom. The number of rotatable bonds is 2. The number of hydrogen-bond donors (Lipinski definition) is 2. The number of aromatic nitrogens is 2. The normalized spacial score (nSPS) is 36.0. The predicted octanol–water partition coefficient (Wildman–Crippen LogP) is 0.237. The van der Waals surface area contributed by atoms with E-state index in [1.807, 2.05) is 4.90 Å². The zero-order valence-corrected chi connectivity index (χ0v) is 16.9. The van der Waals surface area contributed by atoms with Crippen LogP contribution in [-0.2, 0) is 0 Å². The third-order valence-corrected chi connectivity index (χ3v) is 7.48. The average Bonchev–Trinajstić information content (AvgIpc) is 3.43. The molecule has 30 heavy (non-hydrogen) atoms. The third-order valence-electron chi connectivity index (χ3n) is 7.48. The highest BCUT2D eigenvalue weighted by atomic mass is 19.3. The number of halogens is 3. The summed E-state index contributed by atoms with van der Waals surface area (Å²) in [6, 6.07) is -1.91. The first-order chi connectivity index (χ1) is 14.2. The fourth-order valence-corrected chi connectivity index (χ4v) is 5.86. The molecule has 1 aromatic rings. The summed E-state index contributed by atoms with van der Waals surface area (Å²) in [4.78, 5) is 29.0. The Kier molecular flexibility index (Phi) is 4.56. The fourth-order valence-electron chi connectivity index (χ4n) is 5.86. The van der Waals surface area contributed by atoms with Gasteiger partial charge in [0.25, 0.3) is 11.5 Å². The maximum atomic E-state index is 15.3. The molecule has 5 atom stereocenters. The molecule has 0 spiro atoms. The molecule has 1 aromatic heterocycles. The number of aromatic amines is 1. The minimum absolute atomic E-state index is 0.000395. The highest BCUT2D eigenvalue weighted by Crippen LogP contribution is 2.42. The summed E-state index contributed by atoms with van der Waals surface area (Å²) in [5, 5.41) is 0.686. The van der Waals surface area contributed by atoms with E-state index in [9.17, 15) is 18.4 Å². The first-order valence-corrected chi connectivity index (χ1v) is 10.8. The van der Waals surface area contributed by atoms with E-state index in [2.05, 4.69) is 4.98 Å². The van der Waals surface area contributed by atoms with E-state index in [4.69, 9.17) is 5.73 Å². The van der Waals surface area contributed by atoms with Crippen LogP contribution in [0, 0.1) is 11.8 Å². The Bertz CT molecular complexity index is 1110. The van der Waals surface area contributed by atoms with Gasteiger partial charge in [-0.2, -0.15) is 0 Å². The molecule has 0 amide bonds. The molecule has 2 saturated carbocycles. The number of fused-ring (bicyclic) bond motifs is 2. The van der Waals surface area contributed by atoms with Crippen LogP contribution in [0.15, 0.2) is 9.59 Å². The molecule has 2 heterocycles. The minimum atomic E-state index is -2.91. The van der Waals surface area contributed by atoms with Crippen LogP contribution in [0.5, 0.6) is 0 Å². The van der Waals surface area contributed by atoms with E-state index < -0.39 is 41.3 Å². The predicted molar refractivity (Wildman–Crippen MR) is 106 cm³/mol. The van der Waals surface area contributed by atoms with Gasteiger partial charge in [0.05, 0.1) is 22.7 Å². The summed E-state index contributed by atoms with van der Waals surface area (Å²) in [6.45, 7) is 2.55. The van der Waals surface area contributed by atoms with Crippen molar-refractivity contribution in [2.45, 2.75) is 69.2 Å². The molecular weight excluding hydrogens is 397 g/mol. The lowest BCUT2D eigenvalue weighted by molar-refractivity contribution is -0.0456. The van der Waals surface area contributed by atoms with Crippen molar-refractivity contribution >= 4 is 11.6 Å². The molecule has 0 radical (unpaired) electrons. The van der Waals surface area contributed by atoms with Gasteiger partial charge in [-0.05, 0) is 56.1 Å². The van der Waals surface area contributed by atoms with Gasteiger partial charge in [-0.15, -0.1) is 0 Å². The number of alkyl halides is 3. The summed E-state index contributed by atoms with van der Waals surface area (Å²) in [5.74, 6) is -3.30. The van der Waals surface area contributed by atoms with Crippen molar-refractivity contribution < 1.29 is 13.2 Å². The number of nitrogens with two attached hydrogens (primary N) is 1. The van der Waals surface area contributed by atoms with Gasteiger partial charge in [-0.1, -0.05) is 0 Å². The lowest BCUT2D eigenvalue weighted by atomic mass is 9.87. The van der Waals surface area contributed by atoms with Gasteiger partial charge < -0.3 is 5.73 Å². The number of H-pyrrole nitrogens is 1. The van der Waals surface area contributed by atoms with Crippen molar-refractivity contribution in [3.8, 4) is 0 Å². The molecular formula is C21H27F3N4O2. The minimum Gasteiger partial charge on any atom is -0.322 e. The third kappa shape index (κ3) is 3.00. The molecule has 9 heteroatoms. The van der Waals surface area contributed by atoms with Gasteiger partial charge in [-0.3, -0.25) is 19.2 Å². The van der Waals surface area contributed by atoms with E-state index in [1.54, 1.807) is 11.5 Å². The summed E-state index contributed by atoms with van der Waals surface area (Å²) >= 11 is 0. The smallest absolute Gasteiger partial charge is 0.322 e.